The van der Waals surface area contributed by atoms with Gasteiger partial charge in [0.05, 0.1) is 16.6 Å². The van der Waals surface area contributed by atoms with E-state index in [1.807, 2.05) is 54.7 Å². The molecule has 0 aliphatic rings. The van der Waals surface area contributed by atoms with Crippen LogP contribution in [0, 0.1) is 0 Å². The van der Waals surface area contributed by atoms with Gasteiger partial charge in [0, 0.05) is 22.7 Å². The van der Waals surface area contributed by atoms with Gasteiger partial charge in [0.25, 0.3) is 0 Å². The third-order valence-corrected chi connectivity index (χ3v) is 9.49. The second-order valence-corrected chi connectivity index (χ2v) is 12.3. The summed E-state index contributed by atoms with van der Waals surface area (Å²) in [7, 11) is 0. The van der Waals surface area contributed by atoms with Gasteiger partial charge in [-0.25, -0.2) is 4.98 Å². The lowest BCUT2D eigenvalue weighted by Crippen LogP contribution is -2.06. The molecule has 10 rings (SSSR count). The average Bonchev–Trinajstić information content (AvgIpc) is 3.52. The van der Waals surface area contributed by atoms with Crippen LogP contribution in [0.15, 0.2) is 164 Å². The van der Waals surface area contributed by atoms with Gasteiger partial charge in [0.2, 0.25) is 5.95 Å². The summed E-state index contributed by atoms with van der Waals surface area (Å²) in [4.78, 5) is 20.1. The summed E-state index contributed by atoms with van der Waals surface area (Å²) in [5.74, 6) is 1.79. The first-order chi connectivity index (χ1) is 24.3. The Morgan fingerprint density at radius 1 is 0.347 bits per heavy atom. The fraction of sp³-hybridized carbons (Fsp3) is 0. The number of rotatable bonds is 4. The van der Waals surface area contributed by atoms with Crippen LogP contribution in [0.3, 0.4) is 0 Å². The van der Waals surface area contributed by atoms with Gasteiger partial charge < -0.3 is 0 Å². The SMILES string of the molecule is c1ccc(-c2ccc3c4ccc(-c5nc(-c6ccccc6)nc(-n6c7ccccc7c7ncccc76)n5)cc4c4ccccc4c3c2)cc1. The molecule has 10 aromatic rings. The molecule has 0 bridgehead atoms. The maximum atomic E-state index is 5.18. The molecular weight excluding hydrogens is 599 g/mol. The van der Waals surface area contributed by atoms with Gasteiger partial charge in [-0.3, -0.25) is 9.55 Å². The van der Waals surface area contributed by atoms with Crippen LogP contribution >= 0.6 is 0 Å². The molecule has 7 aromatic carbocycles. The van der Waals surface area contributed by atoms with Gasteiger partial charge in [-0.15, -0.1) is 0 Å². The molecule has 5 heteroatoms. The standard InChI is InChI=1S/C44H27N5/c1-3-12-28(13-4-1)30-21-23-34-35-24-22-31(27-38(35)33-17-8-7-16-32(33)37(34)26-30)43-46-42(29-14-5-2-6-15-29)47-44(48-43)49-39-19-10-9-18-36(39)41-40(49)20-11-25-45-41/h1-27H. The Hall–Kier alpha value is -6.72. The molecule has 0 N–H and O–H groups in total. The predicted octanol–water partition coefficient (Wildman–Crippen LogP) is 10.8. The highest BCUT2D eigenvalue weighted by Crippen LogP contribution is 2.39. The molecule has 0 saturated heterocycles. The molecule has 3 heterocycles. The van der Waals surface area contributed by atoms with Gasteiger partial charge in [-0.05, 0) is 73.8 Å². The van der Waals surface area contributed by atoms with Crippen molar-refractivity contribution in [2.45, 2.75) is 0 Å². The highest BCUT2D eigenvalue weighted by molar-refractivity contribution is 6.26. The van der Waals surface area contributed by atoms with Crippen molar-refractivity contribution in [2.75, 3.05) is 0 Å². The fourth-order valence-electron chi connectivity index (χ4n) is 7.22. The normalized spacial score (nSPS) is 11.7. The van der Waals surface area contributed by atoms with Crippen LogP contribution in [0.5, 0.6) is 0 Å². The average molecular weight is 626 g/mol. The number of hydrogen-bond donors (Lipinski definition) is 0. The minimum atomic E-state index is 0.556. The van der Waals surface area contributed by atoms with E-state index in [4.69, 9.17) is 19.9 Å². The smallest absolute Gasteiger partial charge is 0.238 e. The predicted molar refractivity (Wildman–Crippen MR) is 201 cm³/mol. The summed E-state index contributed by atoms with van der Waals surface area (Å²) in [6.45, 7) is 0. The molecule has 0 atom stereocenters. The Labute approximate surface area is 281 Å². The summed E-state index contributed by atoms with van der Waals surface area (Å²) in [5, 5.41) is 8.30. The maximum absolute atomic E-state index is 5.18. The highest BCUT2D eigenvalue weighted by Gasteiger charge is 2.19. The van der Waals surface area contributed by atoms with E-state index in [0.717, 1.165) is 38.4 Å². The first-order valence-electron chi connectivity index (χ1n) is 16.4. The molecule has 0 unspecified atom stereocenters. The Bertz CT molecular complexity index is 2800. The molecule has 228 valence electrons. The van der Waals surface area contributed by atoms with Crippen LogP contribution in [0.4, 0.5) is 0 Å². The van der Waals surface area contributed by atoms with Gasteiger partial charge in [-0.1, -0.05) is 127 Å². The molecule has 3 aromatic heterocycles. The molecule has 0 amide bonds. The third kappa shape index (κ3) is 4.40. The molecule has 0 saturated carbocycles. The Balaban J connectivity index is 1.23. The Morgan fingerprint density at radius 2 is 0.878 bits per heavy atom. The number of para-hydroxylation sites is 1. The Morgan fingerprint density at radius 3 is 1.59 bits per heavy atom. The summed E-state index contributed by atoms with van der Waals surface area (Å²) < 4.78 is 2.10. The van der Waals surface area contributed by atoms with Gasteiger partial charge in [-0.2, -0.15) is 9.97 Å². The van der Waals surface area contributed by atoms with E-state index in [2.05, 4.69) is 114 Å². The van der Waals surface area contributed by atoms with E-state index in [-0.39, 0.29) is 0 Å². The first-order valence-corrected chi connectivity index (χ1v) is 16.4. The number of nitrogens with zero attached hydrogens (tertiary/aromatic N) is 5. The van der Waals surface area contributed by atoms with Crippen molar-refractivity contribution in [2.24, 2.45) is 0 Å². The van der Waals surface area contributed by atoms with Crippen molar-refractivity contribution in [1.82, 2.24) is 24.5 Å². The lowest BCUT2D eigenvalue weighted by Gasteiger charge is -2.14. The quantitative estimate of drug-likeness (QED) is 0.183. The van der Waals surface area contributed by atoms with Gasteiger partial charge in [0.1, 0.15) is 0 Å². The van der Waals surface area contributed by atoms with E-state index in [9.17, 15) is 0 Å². The zero-order valence-corrected chi connectivity index (χ0v) is 26.3. The van der Waals surface area contributed by atoms with E-state index in [0.29, 0.717) is 17.6 Å². The molecule has 0 spiro atoms. The van der Waals surface area contributed by atoms with E-state index in [1.165, 1.54) is 38.1 Å². The molecule has 49 heavy (non-hydrogen) atoms. The van der Waals surface area contributed by atoms with Crippen LogP contribution < -0.4 is 0 Å². The molecule has 0 aliphatic heterocycles. The minimum Gasteiger partial charge on any atom is -0.276 e. The molecule has 0 fully saturated rings. The van der Waals surface area contributed by atoms with Gasteiger partial charge in [0.15, 0.2) is 11.6 Å². The van der Waals surface area contributed by atoms with Crippen molar-refractivity contribution in [3.05, 3.63) is 164 Å². The molecular formula is C44H27N5. The summed E-state index contributed by atoms with van der Waals surface area (Å²) in [6.07, 6.45) is 1.83. The van der Waals surface area contributed by atoms with Crippen LogP contribution in [0.25, 0.3) is 94.1 Å². The molecule has 5 nitrogen and oxygen atoms in total. The van der Waals surface area contributed by atoms with Crippen LogP contribution in [0.1, 0.15) is 0 Å². The number of aromatic nitrogens is 5. The van der Waals surface area contributed by atoms with Crippen molar-refractivity contribution in [3.8, 4) is 39.9 Å². The van der Waals surface area contributed by atoms with Crippen molar-refractivity contribution >= 4 is 54.3 Å². The fourth-order valence-corrected chi connectivity index (χ4v) is 7.22. The van der Waals surface area contributed by atoms with Crippen LogP contribution in [-0.2, 0) is 0 Å². The lowest BCUT2D eigenvalue weighted by molar-refractivity contribution is 0.953. The summed E-state index contributed by atoms with van der Waals surface area (Å²) >= 11 is 0. The molecule has 0 aliphatic carbocycles. The Kier molecular flexibility index (Phi) is 6.11. The second-order valence-electron chi connectivity index (χ2n) is 12.3. The zero-order chi connectivity index (χ0) is 32.3. The van der Waals surface area contributed by atoms with Crippen molar-refractivity contribution in [1.29, 1.82) is 0 Å². The topological polar surface area (TPSA) is 56.5 Å². The van der Waals surface area contributed by atoms with Crippen molar-refractivity contribution in [3.63, 3.8) is 0 Å². The third-order valence-electron chi connectivity index (χ3n) is 9.49. The molecule has 0 radical (unpaired) electrons. The van der Waals surface area contributed by atoms with E-state index in [1.54, 1.807) is 0 Å². The first kappa shape index (κ1) is 27.4. The monoisotopic (exact) mass is 625 g/mol. The van der Waals surface area contributed by atoms with Gasteiger partial charge >= 0.3 is 0 Å². The van der Waals surface area contributed by atoms with Crippen molar-refractivity contribution < 1.29 is 0 Å². The zero-order valence-electron chi connectivity index (χ0n) is 26.3. The van der Waals surface area contributed by atoms with E-state index >= 15 is 0 Å². The van der Waals surface area contributed by atoms with E-state index < -0.39 is 0 Å². The van der Waals surface area contributed by atoms with Crippen LogP contribution in [0.2, 0.25) is 0 Å². The lowest BCUT2D eigenvalue weighted by atomic mass is 9.91. The number of hydrogen-bond acceptors (Lipinski definition) is 4. The summed E-state index contributed by atoms with van der Waals surface area (Å²) in [6, 6.07) is 55.1. The van der Waals surface area contributed by atoms with Crippen LogP contribution in [-0.4, -0.2) is 24.5 Å². The number of benzene rings is 7. The number of fused-ring (bicyclic) bond motifs is 9. The maximum Gasteiger partial charge on any atom is 0.238 e. The minimum absolute atomic E-state index is 0.556. The number of pyridine rings is 1. The largest absolute Gasteiger partial charge is 0.276 e. The highest BCUT2D eigenvalue weighted by atomic mass is 15.2. The summed E-state index contributed by atoms with van der Waals surface area (Å²) in [5.41, 5.74) is 7.14. The second kappa shape index (κ2) is 10.9.